The van der Waals surface area contributed by atoms with E-state index in [9.17, 15) is 9.18 Å². The summed E-state index contributed by atoms with van der Waals surface area (Å²) in [7, 11) is 0. The minimum Gasteiger partial charge on any atom is -0.366 e. The number of para-hydroxylation sites is 1. The third-order valence-corrected chi connectivity index (χ3v) is 6.03. The van der Waals surface area contributed by atoms with Gasteiger partial charge in [-0.15, -0.1) is 11.3 Å². The Morgan fingerprint density at radius 3 is 2.41 bits per heavy atom. The molecule has 3 heterocycles. The van der Waals surface area contributed by atoms with Crippen LogP contribution >= 0.6 is 11.3 Å². The number of carbonyl (C=O) groups excluding carboxylic acids is 1. The Hall–Kier alpha value is -2.60. The number of hydrogen-bond acceptors (Lipinski definition) is 3. The molecule has 1 aliphatic heterocycles. The first-order chi connectivity index (χ1) is 13.2. The maximum absolute atomic E-state index is 14.0. The van der Waals surface area contributed by atoms with Gasteiger partial charge in [0.15, 0.2) is 0 Å². The van der Waals surface area contributed by atoms with Crippen LogP contribution in [0.4, 0.5) is 10.1 Å². The van der Waals surface area contributed by atoms with Crippen molar-refractivity contribution >= 4 is 22.9 Å². The van der Waals surface area contributed by atoms with E-state index >= 15 is 0 Å². The van der Waals surface area contributed by atoms with Crippen LogP contribution in [-0.2, 0) is 4.79 Å². The molecule has 4 nitrogen and oxygen atoms in total. The first-order valence-corrected chi connectivity index (χ1v) is 10.0. The van der Waals surface area contributed by atoms with Crippen molar-refractivity contribution in [2.75, 3.05) is 31.1 Å². The van der Waals surface area contributed by atoms with Crippen LogP contribution < -0.4 is 4.90 Å². The maximum atomic E-state index is 14.0. The van der Waals surface area contributed by atoms with E-state index in [1.54, 1.807) is 23.5 Å². The zero-order valence-corrected chi connectivity index (χ0v) is 15.8. The molecule has 0 N–H and O–H groups in total. The Bertz CT molecular complexity index is 836. The monoisotopic (exact) mass is 383 g/mol. The van der Waals surface area contributed by atoms with Gasteiger partial charge in [0, 0.05) is 43.4 Å². The molecule has 1 amide bonds. The van der Waals surface area contributed by atoms with Crippen molar-refractivity contribution in [2.45, 2.75) is 12.5 Å². The highest BCUT2D eigenvalue weighted by Gasteiger charge is 2.26. The molecule has 2 aromatic heterocycles. The van der Waals surface area contributed by atoms with Gasteiger partial charge in [-0.3, -0.25) is 4.79 Å². The van der Waals surface area contributed by atoms with Crippen LogP contribution in [0.25, 0.3) is 0 Å². The zero-order chi connectivity index (χ0) is 18.6. The quantitative estimate of drug-likeness (QED) is 0.666. The van der Waals surface area contributed by atoms with E-state index in [1.807, 2.05) is 51.8 Å². The van der Waals surface area contributed by atoms with E-state index in [-0.39, 0.29) is 17.8 Å². The Balaban J connectivity index is 1.41. The smallest absolute Gasteiger partial charge is 0.225 e. The normalized spacial score (nSPS) is 15.7. The van der Waals surface area contributed by atoms with E-state index in [4.69, 9.17) is 0 Å². The van der Waals surface area contributed by atoms with Crippen molar-refractivity contribution in [2.24, 2.45) is 0 Å². The number of hydrogen-bond donors (Lipinski definition) is 0. The lowest BCUT2D eigenvalue weighted by Gasteiger charge is -2.36. The Labute approximate surface area is 162 Å². The highest BCUT2D eigenvalue weighted by molar-refractivity contribution is 7.10. The van der Waals surface area contributed by atoms with Gasteiger partial charge >= 0.3 is 0 Å². The number of thiophene rings is 1. The molecular formula is C21H22FN3OS. The van der Waals surface area contributed by atoms with Crippen LogP contribution in [0.15, 0.2) is 66.3 Å². The number of halogens is 1. The van der Waals surface area contributed by atoms with Crippen LogP contribution in [0.1, 0.15) is 17.3 Å². The summed E-state index contributed by atoms with van der Waals surface area (Å²) in [6.45, 7) is 2.55. The largest absolute Gasteiger partial charge is 0.366 e. The Kier molecular flexibility index (Phi) is 5.25. The van der Waals surface area contributed by atoms with Crippen molar-refractivity contribution < 1.29 is 9.18 Å². The minimum atomic E-state index is -0.206. The van der Waals surface area contributed by atoms with Crippen LogP contribution in [0.2, 0.25) is 0 Å². The van der Waals surface area contributed by atoms with E-state index in [0.29, 0.717) is 38.3 Å². The molecule has 0 aliphatic carbocycles. The highest BCUT2D eigenvalue weighted by Crippen LogP contribution is 2.28. The predicted molar refractivity (Wildman–Crippen MR) is 107 cm³/mol. The topological polar surface area (TPSA) is 28.5 Å². The number of anilines is 1. The second kappa shape index (κ2) is 7.96. The van der Waals surface area contributed by atoms with Crippen molar-refractivity contribution in [1.29, 1.82) is 0 Å². The van der Waals surface area contributed by atoms with Crippen LogP contribution in [-0.4, -0.2) is 41.6 Å². The van der Waals surface area contributed by atoms with Crippen LogP contribution in [0.5, 0.6) is 0 Å². The first kappa shape index (κ1) is 17.8. The molecule has 0 saturated carbocycles. The highest BCUT2D eigenvalue weighted by atomic mass is 32.1. The molecule has 140 valence electrons. The molecular weight excluding hydrogens is 361 g/mol. The molecule has 0 spiro atoms. The first-order valence-electron chi connectivity index (χ1n) is 9.15. The lowest BCUT2D eigenvalue weighted by molar-refractivity contribution is -0.132. The third-order valence-electron chi connectivity index (χ3n) is 5.05. The molecule has 0 radical (unpaired) electrons. The van der Waals surface area contributed by atoms with Crippen LogP contribution in [0, 0.1) is 5.82 Å². The molecule has 1 aliphatic rings. The summed E-state index contributed by atoms with van der Waals surface area (Å²) in [6, 6.07) is 14.9. The van der Waals surface area contributed by atoms with Crippen molar-refractivity contribution in [3.63, 3.8) is 0 Å². The average molecular weight is 383 g/mol. The van der Waals surface area contributed by atoms with Gasteiger partial charge < -0.3 is 14.4 Å². The summed E-state index contributed by atoms with van der Waals surface area (Å²) in [5.74, 6) is -0.0575. The van der Waals surface area contributed by atoms with E-state index in [2.05, 4.69) is 10.6 Å². The fraction of sp³-hybridized carbons (Fsp3) is 0.286. The molecule has 0 unspecified atom stereocenters. The van der Waals surface area contributed by atoms with E-state index in [1.165, 1.54) is 10.9 Å². The van der Waals surface area contributed by atoms with Gasteiger partial charge in [-0.05, 0) is 35.7 Å². The molecule has 27 heavy (non-hydrogen) atoms. The summed E-state index contributed by atoms with van der Waals surface area (Å²) >= 11 is 1.68. The van der Waals surface area contributed by atoms with Gasteiger partial charge in [-0.2, -0.15) is 0 Å². The SMILES string of the molecule is O=C(C[C@@H](c1cccs1)n1cccc1)N1CCN(c2ccccc2F)CC1. The summed E-state index contributed by atoms with van der Waals surface area (Å²) < 4.78 is 16.1. The number of aromatic nitrogens is 1. The molecule has 0 bridgehead atoms. The van der Waals surface area contributed by atoms with Crippen molar-refractivity contribution in [3.8, 4) is 0 Å². The van der Waals surface area contributed by atoms with E-state index in [0.717, 1.165) is 0 Å². The molecule has 6 heteroatoms. The number of piperazine rings is 1. The lowest BCUT2D eigenvalue weighted by Crippen LogP contribution is -2.49. The minimum absolute atomic E-state index is 0.0251. The third kappa shape index (κ3) is 3.90. The van der Waals surface area contributed by atoms with Gasteiger partial charge in [0.1, 0.15) is 5.82 Å². The number of amides is 1. The zero-order valence-electron chi connectivity index (χ0n) is 15.0. The molecule has 3 aromatic rings. The van der Waals surface area contributed by atoms with Crippen molar-refractivity contribution in [1.82, 2.24) is 9.47 Å². The van der Waals surface area contributed by atoms with E-state index < -0.39 is 0 Å². The number of nitrogens with zero attached hydrogens (tertiary/aromatic N) is 3. The second-order valence-corrected chi connectivity index (χ2v) is 7.66. The number of benzene rings is 1. The van der Waals surface area contributed by atoms with Gasteiger partial charge in [0.05, 0.1) is 18.2 Å². The van der Waals surface area contributed by atoms with Gasteiger partial charge in [-0.1, -0.05) is 18.2 Å². The lowest BCUT2D eigenvalue weighted by atomic mass is 10.1. The summed E-state index contributed by atoms with van der Waals surface area (Å²) in [5, 5.41) is 2.05. The fourth-order valence-electron chi connectivity index (χ4n) is 3.59. The van der Waals surface area contributed by atoms with Crippen LogP contribution in [0.3, 0.4) is 0 Å². The molecule has 1 aromatic carbocycles. The predicted octanol–water partition coefficient (Wildman–Crippen LogP) is 4.02. The number of rotatable bonds is 5. The molecule has 4 rings (SSSR count). The standard InChI is InChI=1S/C21H22FN3OS/c22-17-6-1-2-7-18(17)24-11-13-25(14-12-24)21(26)16-19(20-8-5-15-27-20)23-9-3-4-10-23/h1-10,15,19H,11-14,16H2/t19-/m0/s1. The van der Waals surface area contributed by atoms with Gasteiger partial charge in [0.25, 0.3) is 0 Å². The molecule has 1 fully saturated rings. The second-order valence-electron chi connectivity index (χ2n) is 6.68. The summed E-state index contributed by atoms with van der Waals surface area (Å²) in [6.07, 6.45) is 4.45. The van der Waals surface area contributed by atoms with Gasteiger partial charge in [-0.25, -0.2) is 4.39 Å². The maximum Gasteiger partial charge on any atom is 0.225 e. The average Bonchev–Trinajstić information content (AvgIpc) is 3.41. The van der Waals surface area contributed by atoms with Gasteiger partial charge in [0.2, 0.25) is 5.91 Å². The molecule has 1 atom stereocenters. The fourth-order valence-corrected chi connectivity index (χ4v) is 4.42. The van der Waals surface area contributed by atoms with Crippen molar-refractivity contribution in [3.05, 3.63) is 77.0 Å². The number of carbonyl (C=O) groups is 1. The summed E-state index contributed by atoms with van der Waals surface area (Å²) in [5.41, 5.74) is 0.619. The Morgan fingerprint density at radius 1 is 1.00 bits per heavy atom. The molecule has 1 saturated heterocycles. The summed E-state index contributed by atoms with van der Waals surface area (Å²) in [4.78, 5) is 18.0. The Morgan fingerprint density at radius 2 is 1.74 bits per heavy atom.